The predicted octanol–water partition coefficient (Wildman–Crippen LogP) is 4.28. The maximum absolute atomic E-state index is 13.8. The summed E-state index contributed by atoms with van der Waals surface area (Å²) in [6, 6.07) is 9.81. The van der Waals surface area contributed by atoms with Crippen LogP contribution in [0.5, 0.6) is 0 Å². The Hall–Kier alpha value is -1.53. The summed E-state index contributed by atoms with van der Waals surface area (Å²) in [5.74, 6) is -0.585. The van der Waals surface area contributed by atoms with Crippen LogP contribution in [0.1, 0.15) is 17.2 Å². The smallest absolute Gasteiger partial charge is 0.227 e. The highest BCUT2D eigenvalue weighted by atomic mass is 35.5. The van der Waals surface area contributed by atoms with Crippen LogP contribution in [0.2, 0.25) is 10.0 Å². The van der Waals surface area contributed by atoms with Gasteiger partial charge in [-0.1, -0.05) is 35.3 Å². The monoisotopic (exact) mass is 418 g/mol. The minimum absolute atomic E-state index is 0. The van der Waals surface area contributed by atoms with E-state index >= 15 is 0 Å². The summed E-state index contributed by atoms with van der Waals surface area (Å²) in [5.41, 5.74) is 7.69. The van der Waals surface area contributed by atoms with E-state index in [0.29, 0.717) is 36.0 Å². The number of anilines is 1. The standard InChI is InChI=1S/C18H17Cl2FN2O2.ClH/c19-14-9-15(20)16(21)8-13(14)17-10-23(5-6-25-17)18(24)7-11-1-3-12(22)4-2-11;/h1-4,8-9,17H,5-7,10,22H2;1H. The van der Waals surface area contributed by atoms with E-state index in [1.165, 1.54) is 12.1 Å². The molecule has 1 amide bonds. The van der Waals surface area contributed by atoms with Crippen molar-refractivity contribution in [2.24, 2.45) is 0 Å². The van der Waals surface area contributed by atoms with Crippen molar-refractivity contribution in [1.29, 1.82) is 0 Å². The Labute approximate surface area is 167 Å². The van der Waals surface area contributed by atoms with Crippen LogP contribution in [0.25, 0.3) is 0 Å². The highest BCUT2D eigenvalue weighted by Crippen LogP contribution is 2.32. The summed E-state index contributed by atoms with van der Waals surface area (Å²) >= 11 is 11.9. The molecule has 1 atom stereocenters. The van der Waals surface area contributed by atoms with E-state index in [-0.39, 0.29) is 29.8 Å². The number of nitrogens with two attached hydrogens (primary N) is 1. The summed E-state index contributed by atoms with van der Waals surface area (Å²) < 4.78 is 19.4. The predicted molar refractivity (Wildman–Crippen MR) is 103 cm³/mol. The summed E-state index contributed by atoms with van der Waals surface area (Å²) in [7, 11) is 0. The van der Waals surface area contributed by atoms with E-state index in [1.807, 2.05) is 12.1 Å². The number of rotatable bonds is 3. The fourth-order valence-electron chi connectivity index (χ4n) is 2.77. The highest BCUT2D eigenvalue weighted by molar-refractivity contribution is 6.35. The maximum Gasteiger partial charge on any atom is 0.227 e. The van der Waals surface area contributed by atoms with Gasteiger partial charge in [-0.2, -0.15) is 0 Å². The van der Waals surface area contributed by atoms with Crippen LogP contribution in [0.15, 0.2) is 36.4 Å². The van der Waals surface area contributed by atoms with Crippen molar-refractivity contribution in [3.05, 3.63) is 63.4 Å². The molecule has 0 aliphatic carbocycles. The SMILES string of the molecule is Cl.Nc1ccc(CC(=O)N2CCOC(c3cc(F)c(Cl)cc3Cl)C2)cc1. The lowest BCUT2D eigenvalue weighted by Gasteiger charge is -2.33. The summed E-state index contributed by atoms with van der Waals surface area (Å²) in [6.45, 7) is 1.16. The van der Waals surface area contributed by atoms with E-state index in [2.05, 4.69) is 0 Å². The molecule has 4 nitrogen and oxygen atoms in total. The summed E-state index contributed by atoms with van der Waals surface area (Å²) in [5, 5.41) is 0.282. The molecule has 1 aliphatic rings. The Morgan fingerprint density at radius 1 is 1.23 bits per heavy atom. The lowest BCUT2D eigenvalue weighted by molar-refractivity contribution is -0.138. The number of carbonyl (C=O) groups excluding carboxylic acids is 1. The third-order valence-electron chi connectivity index (χ3n) is 4.14. The molecule has 140 valence electrons. The summed E-state index contributed by atoms with van der Waals surface area (Å²) in [4.78, 5) is 14.2. The fraction of sp³-hybridized carbons (Fsp3) is 0.278. The lowest BCUT2D eigenvalue weighted by Crippen LogP contribution is -2.43. The first kappa shape index (κ1) is 20.8. The van der Waals surface area contributed by atoms with Gasteiger partial charge in [0.15, 0.2) is 0 Å². The van der Waals surface area contributed by atoms with E-state index in [4.69, 9.17) is 33.7 Å². The number of carbonyl (C=O) groups is 1. The second-order valence-corrected chi connectivity index (χ2v) is 6.72. The molecule has 0 spiro atoms. The van der Waals surface area contributed by atoms with Gasteiger partial charge in [-0.15, -0.1) is 12.4 Å². The van der Waals surface area contributed by atoms with Gasteiger partial charge < -0.3 is 15.4 Å². The van der Waals surface area contributed by atoms with Crippen LogP contribution >= 0.6 is 35.6 Å². The van der Waals surface area contributed by atoms with Crippen molar-refractivity contribution in [3.63, 3.8) is 0 Å². The normalized spacial score (nSPS) is 16.9. The van der Waals surface area contributed by atoms with Crippen molar-refractivity contribution >= 4 is 47.2 Å². The molecular weight excluding hydrogens is 402 g/mol. The first-order valence-corrected chi connectivity index (χ1v) is 8.58. The minimum atomic E-state index is -0.560. The second-order valence-electron chi connectivity index (χ2n) is 5.91. The van der Waals surface area contributed by atoms with Crippen molar-refractivity contribution in [1.82, 2.24) is 4.90 Å². The molecule has 1 heterocycles. The molecule has 0 radical (unpaired) electrons. The van der Waals surface area contributed by atoms with E-state index in [9.17, 15) is 9.18 Å². The molecule has 0 bridgehead atoms. The Morgan fingerprint density at radius 3 is 2.62 bits per heavy atom. The number of ether oxygens (including phenoxy) is 1. The maximum atomic E-state index is 13.8. The number of amides is 1. The first-order valence-electron chi connectivity index (χ1n) is 7.82. The third-order valence-corrected chi connectivity index (χ3v) is 4.76. The van der Waals surface area contributed by atoms with Gasteiger partial charge in [0.05, 0.1) is 24.6 Å². The number of halogens is 4. The number of hydrogen-bond donors (Lipinski definition) is 1. The number of nitrogens with zero attached hydrogens (tertiary/aromatic N) is 1. The van der Waals surface area contributed by atoms with Crippen LogP contribution in [0.3, 0.4) is 0 Å². The molecular formula is C18H18Cl3FN2O2. The van der Waals surface area contributed by atoms with E-state index in [1.54, 1.807) is 17.0 Å². The lowest BCUT2D eigenvalue weighted by atomic mass is 10.1. The van der Waals surface area contributed by atoms with Gasteiger partial charge in [0, 0.05) is 22.8 Å². The van der Waals surface area contributed by atoms with Crippen molar-refractivity contribution in [3.8, 4) is 0 Å². The number of benzene rings is 2. The number of nitrogen functional groups attached to an aromatic ring is 1. The molecule has 8 heteroatoms. The molecule has 1 saturated heterocycles. The van der Waals surface area contributed by atoms with Gasteiger partial charge in [-0.3, -0.25) is 4.79 Å². The molecule has 0 saturated carbocycles. The second kappa shape index (κ2) is 8.91. The third kappa shape index (κ3) is 4.80. The van der Waals surface area contributed by atoms with Crippen molar-refractivity contribution in [2.75, 3.05) is 25.4 Å². The van der Waals surface area contributed by atoms with E-state index in [0.717, 1.165) is 5.56 Å². The van der Waals surface area contributed by atoms with Crippen LogP contribution in [0, 0.1) is 5.82 Å². The molecule has 1 fully saturated rings. The Kier molecular flexibility index (Phi) is 7.12. The fourth-order valence-corrected chi connectivity index (χ4v) is 3.28. The molecule has 2 aromatic carbocycles. The average molecular weight is 420 g/mol. The van der Waals surface area contributed by atoms with E-state index < -0.39 is 11.9 Å². The van der Waals surface area contributed by atoms with Gasteiger partial charge in [0.2, 0.25) is 5.91 Å². The highest BCUT2D eigenvalue weighted by Gasteiger charge is 2.27. The number of hydrogen-bond acceptors (Lipinski definition) is 3. The number of morpholine rings is 1. The molecule has 1 unspecified atom stereocenters. The largest absolute Gasteiger partial charge is 0.399 e. The van der Waals surface area contributed by atoms with Crippen molar-refractivity contribution in [2.45, 2.75) is 12.5 Å². The van der Waals surface area contributed by atoms with Gasteiger partial charge in [0.1, 0.15) is 11.9 Å². The molecule has 2 N–H and O–H groups in total. The van der Waals surface area contributed by atoms with Gasteiger partial charge in [-0.25, -0.2) is 4.39 Å². The topological polar surface area (TPSA) is 55.6 Å². The Bertz CT molecular complexity index is 787. The molecule has 26 heavy (non-hydrogen) atoms. The van der Waals surface area contributed by atoms with Gasteiger partial charge in [0.25, 0.3) is 0 Å². The zero-order chi connectivity index (χ0) is 18.0. The zero-order valence-electron chi connectivity index (χ0n) is 13.8. The van der Waals surface area contributed by atoms with Gasteiger partial charge >= 0.3 is 0 Å². The Morgan fingerprint density at radius 2 is 1.92 bits per heavy atom. The molecule has 1 aliphatic heterocycles. The zero-order valence-corrected chi connectivity index (χ0v) is 16.1. The summed E-state index contributed by atoms with van der Waals surface area (Å²) in [6.07, 6.45) is -0.209. The first-order chi connectivity index (χ1) is 11.9. The minimum Gasteiger partial charge on any atom is -0.399 e. The van der Waals surface area contributed by atoms with Crippen LogP contribution in [0.4, 0.5) is 10.1 Å². The quantitative estimate of drug-likeness (QED) is 0.597. The van der Waals surface area contributed by atoms with Gasteiger partial charge in [-0.05, 0) is 29.8 Å². The molecule has 2 aromatic rings. The Balaban J connectivity index is 0.00000243. The average Bonchev–Trinajstić information content (AvgIpc) is 2.60. The molecule has 0 aromatic heterocycles. The van der Waals surface area contributed by atoms with Crippen LogP contribution in [-0.2, 0) is 16.0 Å². The van der Waals surface area contributed by atoms with Crippen LogP contribution < -0.4 is 5.73 Å². The molecule has 3 rings (SSSR count). The van der Waals surface area contributed by atoms with Crippen LogP contribution in [-0.4, -0.2) is 30.5 Å². The van der Waals surface area contributed by atoms with Crippen molar-refractivity contribution < 1.29 is 13.9 Å².